The summed E-state index contributed by atoms with van der Waals surface area (Å²) in [6, 6.07) is 12.2. The molecule has 180 valence electrons. The molecule has 2 aromatic rings. The minimum atomic E-state index is -0.293. The molecule has 0 spiro atoms. The molecule has 1 aromatic carbocycles. The maximum absolute atomic E-state index is 12.6. The second-order valence-electron chi connectivity index (χ2n) is 9.02. The van der Waals surface area contributed by atoms with Crippen LogP contribution in [0.25, 0.3) is 0 Å². The lowest BCUT2D eigenvalue weighted by molar-refractivity contribution is -0.117. The van der Waals surface area contributed by atoms with Gasteiger partial charge in [0.25, 0.3) is 0 Å². The summed E-state index contributed by atoms with van der Waals surface area (Å²) in [5, 5.41) is 0. The van der Waals surface area contributed by atoms with Gasteiger partial charge < -0.3 is 14.4 Å². The summed E-state index contributed by atoms with van der Waals surface area (Å²) in [6.07, 6.45) is 8.72. The fourth-order valence-electron chi connectivity index (χ4n) is 4.14. The average molecular weight is 472 g/mol. The van der Waals surface area contributed by atoms with E-state index in [1.165, 1.54) is 49.0 Å². The Hall–Kier alpha value is -2.18. The molecule has 3 rings (SSSR count). The van der Waals surface area contributed by atoms with Gasteiger partial charge in [0.2, 0.25) is 5.91 Å². The summed E-state index contributed by atoms with van der Waals surface area (Å²) >= 11 is 1.40. The van der Waals surface area contributed by atoms with E-state index in [0.29, 0.717) is 24.5 Å². The van der Waals surface area contributed by atoms with Crippen molar-refractivity contribution in [3.63, 3.8) is 0 Å². The molecule has 0 bridgehead atoms. The lowest BCUT2D eigenvalue weighted by Crippen LogP contribution is -2.36. The molecule has 0 aliphatic carbocycles. The molecule has 1 amide bonds. The number of anilines is 1. The van der Waals surface area contributed by atoms with Gasteiger partial charge in [0.05, 0.1) is 25.4 Å². The number of hydrogen-bond acceptors (Lipinski definition) is 5. The van der Waals surface area contributed by atoms with Crippen LogP contribution in [0.4, 0.5) is 5.69 Å². The van der Waals surface area contributed by atoms with Crippen LogP contribution in [-0.4, -0.2) is 30.6 Å². The minimum absolute atomic E-state index is 0.0442. The quantitative estimate of drug-likeness (QED) is 0.246. The van der Waals surface area contributed by atoms with Crippen molar-refractivity contribution in [2.24, 2.45) is 0 Å². The van der Waals surface area contributed by atoms with Crippen molar-refractivity contribution < 1.29 is 19.1 Å². The molecular formula is C27H37NO4S. The topological polar surface area (TPSA) is 55.8 Å². The minimum Gasteiger partial charge on any atom is -0.459 e. The zero-order valence-electron chi connectivity index (χ0n) is 20.2. The number of aryl methyl sites for hydroxylation is 1. The predicted molar refractivity (Wildman–Crippen MR) is 134 cm³/mol. The molecule has 33 heavy (non-hydrogen) atoms. The van der Waals surface area contributed by atoms with Crippen LogP contribution in [0, 0.1) is 0 Å². The standard InChI is InChI=1S/C27H37NO4S/c1-4-5-6-7-8-9-21-10-12-22(13-11-21)28-23(14-17-26(28)29)18-31-19-24-15-16-25(33-24)27(30)32-20(2)3/h10-13,15-16,20,23H,4-9,14,17-19H2,1-3H3. The van der Waals surface area contributed by atoms with E-state index < -0.39 is 0 Å². The van der Waals surface area contributed by atoms with Crippen molar-refractivity contribution in [1.82, 2.24) is 0 Å². The van der Waals surface area contributed by atoms with Crippen molar-refractivity contribution in [2.75, 3.05) is 11.5 Å². The van der Waals surface area contributed by atoms with E-state index in [1.54, 1.807) is 6.07 Å². The Morgan fingerprint density at radius 3 is 2.58 bits per heavy atom. The first-order valence-electron chi connectivity index (χ1n) is 12.3. The summed E-state index contributed by atoms with van der Waals surface area (Å²) in [5.41, 5.74) is 2.29. The van der Waals surface area contributed by atoms with Crippen LogP contribution in [0.3, 0.4) is 0 Å². The van der Waals surface area contributed by atoms with E-state index in [-0.39, 0.29) is 24.0 Å². The second-order valence-corrected chi connectivity index (χ2v) is 10.2. The maximum Gasteiger partial charge on any atom is 0.348 e. The van der Waals surface area contributed by atoms with Crippen LogP contribution in [-0.2, 0) is 27.3 Å². The molecule has 1 aliphatic heterocycles. The summed E-state index contributed by atoms with van der Waals surface area (Å²) in [5.74, 6) is -0.135. The van der Waals surface area contributed by atoms with Crippen LogP contribution in [0.1, 0.15) is 85.8 Å². The van der Waals surface area contributed by atoms with Crippen molar-refractivity contribution in [1.29, 1.82) is 0 Å². The van der Waals surface area contributed by atoms with Gasteiger partial charge in [-0.15, -0.1) is 11.3 Å². The third-order valence-corrected chi connectivity index (χ3v) is 6.91. The number of benzene rings is 1. The predicted octanol–water partition coefficient (Wildman–Crippen LogP) is 6.54. The molecule has 1 atom stereocenters. The van der Waals surface area contributed by atoms with Crippen molar-refractivity contribution in [3.8, 4) is 0 Å². The van der Waals surface area contributed by atoms with Gasteiger partial charge >= 0.3 is 5.97 Å². The molecule has 0 saturated carbocycles. The Morgan fingerprint density at radius 2 is 1.85 bits per heavy atom. The fourth-order valence-corrected chi connectivity index (χ4v) is 4.97. The third-order valence-electron chi connectivity index (χ3n) is 5.87. The Balaban J connectivity index is 1.49. The lowest BCUT2D eigenvalue weighted by atomic mass is 10.0. The van der Waals surface area contributed by atoms with Gasteiger partial charge in [0, 0.05) is 17.0 Å². The van der Waals surface area contributed by atoms with E-state index in [0.717, 1.165) is 23.4 Å². The number of esters is 1. The molecule has 6 heteroatoms. The first-order valence-corrected chi connectivity index (χ1v) is 13.1. The molecule has 1 fully saturated rings. The number of rotatable bonds is 13. The molecule has 2 heterocycles. The second kappa shape index (κ2) is 12.9. The van der Waals surface area contributed by atoms with Gasteiger partial charge in [0.1, 0.15) is 4.88 Å². The lowest BCUT2D eigenvalue weighted by Gasteiger charge is -2.25. The maximum atomic E-state index is 12.6. The van der Waals surface area contributed by atoms with Crippen molar-refractivity contribution in [3.05, 3.63) is 51.7 Å². The largest absolute Gasteiger partial charge is 0.459 e. The molecule has 5 nitrogen and oxygen atoms in total. The van der Waals surface area contributed by atoms with Crippen LogP contribution in [0.5, 0.6) is 0 Å². The Bertz CT molecular complexity index is 890. The molecule has 1 unspecified atom stereocenters. The highest BCUT2D eigenvalue weighted by Gasteiger charge is 2.32. The van der Waals surface area contributed by atoms with Crippen LogP contribution >= 0.6 is 11.3 Å². The molecule has 1 saturated heterocycles. The van der Waals surface area contributed by atoms with Gasteiger partial charge in [-0.1, -0.05) is 44.7 Å². The SMILES string of the molecule is CCCCCCCc1ccc(N2C(=O)CCC2COCc2ccc(C(=O)OC(C)C)s2)cc1. The number of amides is 1. The van der Waals surface area contributed by atoms with E-state index in [1.807, 2.05) is 24.8 Å². The third kappa shape index (κ3) is 7.68. The fraction of sp³-hybridized carbons (Fsp3) is 0.556. The molecule has 1 aliphatic rings. The number of nitrogens with zero attached hydrogens (tertiary/aromatic N) is 1. The highest BCUT2D eigenvalue weighted by Crippen LogP contribution is 2.28. The Kier molecular flexibility index (Phi) is 9.95. The number of ether oxygens (including phenoxy) is 2. The zero-order chi connectivity index (χ0) is 23.6. The van der Waals surface area contributed by atoms with Crippen LogP contribution in [0.15, 0.2) is 36.4 Å². The van der Waals surface area contributed by atoms with Crippen molar-refractivity contribution >= 4 is 28.9 Å². The van der Waals surface area contributed by atoms with E-state index in [4.69, 9.17) is 9.47 Å². The first-order chi connectivity index (χ1) is 16.0. The van der Waals surface area contributed by atoms with E-state index in [9.17, 15) is 9.59 Å². The highest BCUT2D eigenvalue weighted by molar-refractivity contribution is 7.13. The number of unbranched alkanes of at least 4 members (excludes halogenated alkanes) is 4. The smallest absolute Gasteiger partial charge is 0.348 e. The normalized spacial score (nSPS) is 16.1. The van der Waals surface area contributed by atoms with E-state index in [2.05, 4.69) is 31.2 Å². The van der Waals surface area contributed by atoms with E-state index >= 15 is 0 Å². The Labute approximate surface area is 202 Å². The number of carbonyl (C=O) groups excluding carboxylic acids is 2. The van der Waals surface area contributed by atoms with Gasteiger partial charge in [-0.3, -0.25) is 4.79 Å². The molecule has 0 N–H and O–H groups in total. The van der Waals surface area contributed by atoms with Gasteiger partial charge in [-0.2, -0.15) is 0 Å². The van der Waals surface area contributed by atoms with Gasteiger partial charge in [0.15, 0.2) is 0 Å². The van der Waals surface area contributed by atoms with Gasteiger partial charge in [-0.25, -0.2) is 4.79 Å². The zero-order valence-corrected chi connectivity index (χ0v) is 21.0. The highest BCUT2D eigenvalue weighted by atomic mass is 32.1. The number of hydrogen-bond donors (Lipinski definition) is 0. The monoisotopic (exact) mass is 471 g/mol. The van der Waals surface area contributed by atoms with Crippen molar-refractivity contribution in [2.45, 2.75) is 90.9 Å². The first kappa shape index (κ1) is 25.4. The summed E-state index contributed by atoms with van der Waals surface area (Å²) in [6.45, 7) is 6.82. The number of carbonyl (C=O) groups is 2. The summed E-state index contributed by atoms with van der Waals surface area (Å²) in [4.78, 5) is 28.0. The average Bonchev–Trinajstić information content (AvgIpc) is 3.41. The Morgan fingerprint density at radius 1 is 1.09 bits per heavy atom. The number of thiophene rings is 1. The molecule has 0 radical (unpaired) electrons. The van der Waals surface area contributed by atoms with Crippen LogP contribution in [0.2, 0.25) is 0 Å². The molecular weight excluding hydrogens is 434 g/mol. The summed E-state index contributed by atoms with van der Waals surface area (Å²) < 4.78 is 11.2. The van der Waals surface area contributed by atoms with Gasteiger partial charge in [-0.05, 0) is 62.9 Å². The summed E-state index contributed by atoms with van der Waals surface area (Å²) in [7, 11) is 0. The molecule has 1 aromatic heterocycles. The van der Waals surface area contributed by atoms with Crippen LogP contribution < -0.4 is 4.90 Å².